The molecule has 0 fully saturated rings. The van der Waals surface area contributed by atoms with Gasteiger partial charge in [-0.2, -0.15) is 0 Å². The highest BCUT2D eigenvalue weighted by Gasteiger charge is 2.23. The summed E-state index contributed by atoms with van der Waals surface area (Å²) in [4.78, 5) is 13.7. The standard InChI is InChI=1S/C16H16F2N2O/c1-10(11-6-4-3-5-7-11)20(2)16(21)13-8-12(17)9-14(19)15(13)18/h3-10H,19H2,1-2H3. The number of carbonyl (C=O) groups is 1. The van der Waals surface area contributed by atoms with Gasteiger partial charge in [-0.3, -0.25) is 4.79 Å². The van der Waals surface area contributed by atoms with Gasteiger partial charge in [-0.25, -0.2) is 8.78 Å². The number of rotatable bonds is 3. The largest absolute Gasteiger partial charge is 0.396 e. The van der Waals surface area contributed by atoms with Crippen molar-refractivity contribution in [2.75, 3.05) is 12.8 Å². The van der Waals surface area contributed by atoms with E-state index in [1.54, 1.807) is 7.05 Å². The van der Waals surface area contributed by atoms with Crippen molar-refractivity contribution in [3.8, 4) is 0 Å². The molecule has 1 amide bonds. The van der Waals surface area contributed by atoms with Gasteiger partial charge < -0.3 is 10.6 Å². The number of nitrogens with zero attached hydrogens (tertiary/aromatic N) is 1. The first kappa shape index (κ1) is 15.0. The number of halogens is 2. The van der Waals surface area contributed by atoms with Crippen molar-refractivity contribution < 1.29 is 13.6 Å². The molecule has 2 aromatic rings. The molecule has 0 saturated carbocycles. The summed E-state index contributed by atoms with van der Waals surface area (Å²) in [5, 5.41) is 0. The average Bonchev–Trinajstić information content (AvgIpc) is 2.49. The molecule has 2 aromatic carbocycles. The van der Waals surface area contributed by atoms with Gasteiger partial charge in [0.25, 0.3) is 5.91 Å². The van der Waals surface area contributed by atoms with Gasteiger partial charge in [0.15, 0.2) is 5.82 Å². The van der Waals surface area contributed by atoms with Crippen LogP contribution in [0.2, 0.25) is 0 Å². The van der Waals surface area contributed by atoms with E-state index in [1.807, 2.05) is 37.3 Å². The van der Waals surface area contributed by atoms with E-state index in [4.69, 9.17) is 5.73 Å². The molecule has 0 aliphatic carbocycles. The Kier molecular flexibility index (Phi) is 4.21. The van der Waals surface area contributed by atoms with Crippen LogP contribution in [0.15, 0.2) is 42.5 Å². The first-order chi connectivity index (χ1) is 9.91. The maximum absolute atomic E-state index is 13.9. The van der Waals surface area contributed by atoms with Gasteiger partial charge in [-0.1, -0.05) is 30.3 Å². The number of carbonyl (C=O) groups excluding carboxylic acids is 1. The van der Waals surface area contributed by atoms with E-state index in [2.05, 4.69) is 0 Å². The number of hydrogen-bond donors (Lipinski definition) is 1. The lowest BCUT2D eigenvalue weighted by Crippen LogP contribution is -2.30. The predicted molar refractivity (Wildman–Crippen MR) is 77.7 cm³/mol. The van der Waals surface area contributed by atoms with Crippen molar-refractivity contribution in [1.29, 1.82) is 0 Å². The Bertz CT molecular complexity index is 659. The molecule has 0 bridgehead atoms. The summed E-state index contributed by atoms with van der Waals surface area (Å²) in [5.41, 5.74) is 5.52. The summed E-state index contributed by atoms with van der Waals surface area (Å²) in [5.74, 6) is -2.25. The highest BCUT2D eigenvalue weighted by Crippen LogP contribution is 2.24. The summed E-state index contributed by atoms with van der Waals surface area (Å²) in [6.45, 7) is 1.81. The molecule has 1 unspecified atom stereocenters. The van der Waals surface area contributed by atoms with Crippen LogP contribution in [-0.2, 0) is 0 Å². The van der Waals surface area contributed by atoms with Gasteiger partial charge in [0.1, 0.15) is 5.82 Å². The van der Waals surface area contributed by atoms with E-state index in [9.17, 15) is 13.6 Å². The van der Waals surface area contributed by atoms with E-state index in [0.717, 1.165) is 17.7 Å². The molecule has 0 heterocycles. The highest BCUT2D eigenvalue weighted by molar-refractivity contribution is 5.95. The van der Waals surface area contributed by atoms with E-state index >= 15 is 0 Å². The number of benzene rings is 2. The van der Waals surface area contributed by atoms with Crippen molar-refractivity contribution in [2.45, 2.75) is 13.0 Å². The molecule has 110 valence electrons. The van der Waals surface area contributed by atoms with Gasteiger partial charge in [0.05, 0.1) is 17.3 Å². The van der Waals surface area contributed by atoms with E-state index in [0.29, 0.717) is 0 Å². The fraction of sp³-hybridized carbons (Fsp3) is 0.188. The molecule has 21 heavy (non-hydrogen) atoms. The SMILES string of the molecule is CC(c1ccccc1)N(C)C(=O)c1cc(F)cc(N)c1F. The van der Waals surface area contributed by atoms with Gasteiger partial charge in [-0.15, -0.1) is 0 Å². The number of nitrogens with two attached hydrogens (primary N) is 1. The molecule has 3 nitrogen and oxygen atoms in total. The van der Waals surface area contributed by atoms with Crippen molar-refractivity contribution in [3.63, 3.8) is 0 Å². The number of nitrogen functional groups attached to an aromatic ring is 1. The van der Waals surface area contributed by atoms with Crippen LogP contribution in [0, 0.1) is 11.6 Å². The van der Waals surface area contributed by atoms with Gasteiger partial charge in [-0.05, 0) is 24.6 Å². The van der Waals surface area contributed by atoms with Crippen LogP contribution in [0.1, 0.15) is 28.9 Å². The summed E-state index contributed by atoms with van der Waals surface area (Å²) in [7, 11) is 1.54. The summed E-state index contributed by atoms with van der Waals surface area (Å²) in [6, 6.07) is 10.7. The highest BCUT2D eigenvalue weighted by atomic mass is 19.1. The minimum absolute atomic E-state index is 0.275. The minimum Gasteiger partial charge on any atom is -0.396 e. The second kappa shape index (κ2) is 5.91. The zero-order valence-electron chi connectivity index (χ0n) is 11.8. The Hall–Kier alpha value is -2.43. The number of hydrogen-bond acceptors (Lipinski definition) is 2. The Labute approximate surface area is 122 Å². The topological polar surface area (TPSA) is 46.3 Å². The van der Waals surface area contributed by atoms with Crippen molar-refractivity contribution in [2.24, 2.45) is 0 Å². The third kappa shape index (κ3) is 3.02. The van der Waals surface area contributed by atoms with Crippen LogP contribution in [0.25, 0.3) is 0 Å². The zero-order valence-corrected chi connectivity index (χ0v) is 11.8. The maximum Gasteiger partial charge on any atom is 0.257 e. The fourth-order valence-corrected chi connectivity index (χ4v) is 2.09. The van der Waals surface area contributed by atoms with Crippen LogP contribution in [0.4, 0.5) is 14.5 Å². The number of amides is 1. The third-order valence-electron chi connectivity index (χ3n) is 3.48. The lowest BCUT2D eigenvalue weighted by Gasteiger charge is -2.25. The monoisotopic (exact) mass is 290 g/mol. The van der Waals surface area contributed by atoms with Crippen LogP contribution in [-0.4, -0.2) is 17.9 Å². The lowest BCUT2D eigenvalue weighted by atomic mass is 10.1. The Morgan fingerprint density at radius 1 is 1.19 bits per heavy atom. The molecule has 0 aromatic heterocycles. The molecular formula is C16H16F2N2O. The minimum atomic E-state index is -0.895. The van der Waals surface area contributed by atoms with Gasteiger partial charge >= 0.3 is 0 Å². The second-order valence-corrected chi connectivity index (χ2v) is 4.86. The second-order valence-electron chi connectivity index (χ2n) is 4.86. The Balaban J connectivity index is 2.32. The van der Waals surface area contributed by atoms with Crippen molar-refractivity contribution in [1.82, 2.24) is 4.90 Å². The van der Waals surface area contributed by atoms with E-state index in [-0.39, 0.29) is 17.3 Å². The molecule has 2 rings (SSSR count). The van der Waals surface area contributed by atoms with Crippen LogP contribution in [0.3, 0.4) is 0 Å². The molecule has 0 spiro atoms. The number of anilines is 1. The van der Waals surface area contributed by atoms with Crippen LogP contribution >= 0.6 is 0 Å². The summed E-state index contributed by atoms with van der Waals surface area (Å²) < 4.78 is 27.3. The molecule has 0 aliphatic heterocycles. The third-order valence-corrected chi connectivity index (χ3v) is 3.48. The Morgan fingerprint density at radius 3 is 2.43 bits per heavy atom. The summed E-state index contributed by atoms with van der Waals surface area (Å²) in [6.07, 6.45) is 0. The normalized spacial score (nSPS) is 12.0. The maximum atomic E-state index is 13.9. The van der Waals surface area contributed by atoms with Gasteiger partial charge in [0, 0.05) is 7.05 Å². The lowest BCUT2D eigenvalue weighted by molar-refractivity contribution is 0.0737. The average molecular weight is 290 g/mol. The fourth-order valence-electron chi connectivity index (χ4n) is 2.09. The van der Waals surface area contributed by atoms with Crippen LogP contribution in [0.5, 0.6) is 0 Å². The molecule has 0 saturated heterocycles. The quantitative estimate of drug-likeness (QED) is 0.881. The smallest absolute Gasteiger partial charge is 0.257 e. The van der Waals surface area contributed by atoms with E-state index in [1.165, 1.54) is 4.90 Å². The summed E-state index contributed by atoms with van der Waals surface area (Å²) >= 11 is 0. The predicted octanol–water partition coefficient (Wildman–Crippen LogP) is 3.38. The first-order valence-corrected chi connectivity index (χ1v) is 6.48. The Morgan fingerprint density at radius 2 is 1.81 bits per heavy atom. The molecule has 2 N–H and O–H groups in total. The van der Waals surface area contributed by atoms with Gasteiger partial charge in [0.2, 0.25) is 0 Å². The molecule has 0 aliphatic rings. The molecule has 0 radical (unpaired) electrons. The molecular weight excluding hydrogens is 274 g/mol. The van der Waals surface area contributed by atoms with Crippen molar-refractivity contribution in [3.05, 3.63) is 65.2 Å². The van der Waals surface area contributed by atoms with Crippen molar-refractivity contribution >= 4 is 11.6 Å². The molecule has 5 heteroatoms. The first-order valence-electron chi connectivity index (χ1n) is 6.48. The molecule has 1 atom stereocenters. The van der Waals surface area contributed by atoms with E-state index < -0.39 is 17.5 Å². The zero-order chi connectivity index (χ0) is 15.6. The van der Waals surface area contributed by atoms with Crippen LogP contribution < -0.4 is 5.73 Å².